The quantitative estimate of drug-likeness (QED) is 0.753. The third-order valence-electron chi connectivity index (χ3n) is 3.99. The van der Waals surface area contributed by atoms with Crippen molar-refractivity contribution in [3.63, 3.8) is 0 Å². The molecule has 3 rings (SSSR count). The summed E-state index contributed by atoms with van der Waals surface area (Å²) < 4.78 is 27.9. The van der Waals surface area contributed by atoms with E-state index in [-0.39, 0.29) is 30.5 Å². The van der Waals surface area contributed by atoms with Crippen LogP contribution in [0, 0.1) is 0 Å². The van der Waals surface area contributed by atoms with Crippen molar-refractivity contribution in [3.8, 4) is 0 Å². The third kappa shape index (κ3) is 4.02. The van der Waals surface area contributed by atoms with Crippen LogP contribution in [0.1, 0.15) is 11.3 Å². The van der Waals surface area contributed by atoms with Gasteiger partial charge >= 0.3 is 6.09 Å². The first kappa shape index (κ1) is 17.9. The van der Waals surface area contributed by atoms with Crippen molar-refractivity contribution in [2.75, 3.05) is 12.9 Å². The van der Waals surface area contributed by atoms with E-state index in [1.807, 2.05) is 0 Å². The summed E-state index contributed by atoms with van der Waals surface area (Å²) in [6, 6.07) is 5.51. The molecule has 138 valence electrons. The maximum absolute atomic E-state index is 12.4. The molecule has 0 radical (unpaired) electrons. The molecule has 2 aromatic rings. The van der Waals surface area contributed by atoms with Crippen LogP contribution in [0.3, 0.4) is 0 Å². The molecular weight excluding hydrogens is 360 g/mol. The largest absolute Gasteiger partial charge is 0.447 e. The van der Waals surface area contributed by atoms with Gasteiger partial charge in [-0.25, -0.2) is 18.2 Å². The number of benzene rings is 1. The Bertz CT molecular complexity index is 893. The van der Waals surface area contributed by atoms with Gasteiger partial charge < -0.3 is 15.0 Å². The molecular formula is C16H18N4O5S. The number of hydrogen-bond donors (Lipinski definition) is 2. The molecule has 2 N–H and O–H groups in total. The molecule has 0 saturated carbocycles. The minimum atomic E-state index is -3.26. The topological polar surface area (TPSA) is 121 Å². The van der Waals surface area contributed by atoms with E-state index in [9.17, 15) is 18.0 Å². The fourth-order valence-corrected chi connectivity index (χ4v) is 3.19. The first-order valence-electron chi connectivity index (χ1n) is 7.82. The van der Waals surface area contributed by atoms with Gasteiger partial charge in [0, 0.05) is 19.0 Å². The van der Waals surface area contributed by atoms with Crippen LogP contribution in [0.5, 0.6) is 0 Å². The van der Waals surface area contributed by atoms with E-state index in [1.165, 1.54) is 23.4 Å². The van der Waals surface area contributed by atoms with Gasteiger partial charge in [0.15, 0.2) is 9.84 Å². The molecule has 2 amide bonds. The Hall–Kier alpha value is -2.88. The number of nitrogens with zero attached hydrogens (tertiary/aromatic N) is 2. The lowest BCUT2D eigenvalue weighted by Gasteiger charge is -2.20. The van der Waals surface area contributed by atoms with Gasteiger partial charge in [-0.2, -0.15) is 0 Å². The molecule has 1 fully saturated rings. The van der Waals surface area contributed by atoms with Crippen LogP contribution < -0.4 is 5.32 Å². The zero-order chi connectivity index (χ0) is 18.7. The number of sulfone groups is 1. The van der Waals surface area contributed by atoms with E-state index in [4.69, 9.17) is 4.74 Å². The Morgan fingerprint density at radius 3 is 2.73 bits per heavy atom. The van der Waals surface area contributed by atoms with Gasteiger partial charge in [0.05, 0.1) is 23.5 Å². The standard InChI is InChI=1S/C16H18N4O5S/c1-26(23,24)13-4-2-11(3-5-13)6-18-15(21)14-9-25-16(22)20(14)8-12-7-17-10-19-12/h2-5,7,10,14H,6,8-9H2,1H3,(H,17,19)(H,18,21)/t14-/m0/s1. The minimum Gasteiger partial charge on any atom is -0.447 e. The second kappa shape index (κ2) is 7.16. The van der Waals surface area contributed by atoms with Gasteiger partial charge in [0.1, 0.15) is 12.6 Å². The number of rotatable bonds is 6. The van der Waals surface area contributed by atoms with Crippen molar-refractivity contribution < 1.29 is 22.7 Å². The Labute approximate surface area is 150 Å². The molecule has 1 aromatic heterocycles. The Kier molecular flexibility index (Phi) is 4.94. The Balaban J connectivity index is 1.61. The number of hydrogen-bond acceptors (Lipinski definition) is 6. The number of aromatic amines is 1. The number of carbonyl (C=O) groups is 2. The molecule has 0 bridgehead atoms. The van der Waals surface area contributed by atoms with Crippen molar-refractivity contribution in [2.24, 2.45) is 0 Å². The molecule has 1 atom stereocenters. The van der Waals surface area contributed by atoms with Crippen LogP contribution in [-0.4, -0.2) is 54.2 Å². The molecule has 9 nitrogen and oxygen atoms in total. The number of amides is 2. The fraction of sp³-hybridized carbons (Fsp3) is 0.312. The molecule has 1 aliphatic heterocycles. The highest BCUT2D eigenvalue weighted by Crippen LogP contribution is 2.16. The maximum atomic E-state index is 12.4. The molecule has 10 heteroatoms. The molecule has 0 spiro atoms. The van der Waals surface area contributed by atoms with Crippen LogP contribution >= 0.6 is 0 Å². The number of imidazole rings is 1. The van der Waals surface area contributed by atoms with Gasteiger partial charge in [0.2, 0.25) is 5.91 Å². The second-order valence-corrected chi connectivity index (χ2v) is 7.95. The van der Waals surface area contributed by atoms with Gasteiger partial charge in [-0.05, 0) is 17.7 Å². The summed E-state index contributed by atoms with van der Waals surface area (Å²) in [6.07, 6.45) is 3.64. The monoisotopic (exact) mass is 378 g/mol. The van der Waals surface area contributed by atoms with E-state index in [0.29, 0.717) is 5.69 Å². The normalized spacial score (nSPS) is 17.2. The second-order valence-electron chi connectivity index (χ2n) is 5.93. The molecule has 0 aliphatic carbocycles. The van der Waals surface area contributed by atoms with Crippen LogP contribution in [0.4, 0.5) is 4.79 Å². The minimum absolute atomic E-state index is 0.0220. The number of ether oxygens (including phenoxy) is 1. The summed E-state index contributed by atoms with van der Waals surface area (Å²) in [5, 5.41) is 2.74. The summed E-state index contributed by atoms with van der Waals surface area (Å²) >= 11 is 0. The average Bonchev–Trinajstić information content (AvgIpc) is 3.23. The van der Waals surface area contributed by atoms with Crippen molar-refractivity contribution >= 4 is 21.8 Å². The SMILES string of the molecule is CS(=O)(=O)c1ccc(CNC(=O)[C@@H]2COC(=O)N2Cc2cnc[nH]2)cc1. The smallest absolute Gasteiger partial charge is 0.411 e. The highest BCUT2D eigenvalue weighted by Gasteiger charge is 2.38. The van der Waals surface area contributed by atoms with Crippen LogP contribution in [0.15, 0.2) is 41.7 Å². The summed E-state index contributed by atoms with van der Waals surface area (Å²) in [5.41, 5.74) is 1.44. The molecule has 1 saturated heterocycles. The van der Waals surface area contributed by atoms with E-state index in [0.717, 1.165) is 11.8 Å². The molecule has 1 aliphatic rings. The van der Waals surface area contributed by atoms with Crippen molar-refractivity contribution in [1.29, 1.82) is 0 Å². The molecule has 26 heavy (non-hydrogen) atoms. The lowest BCUT2D eigenvalue weighted by Crippen LogP contribution is -2.45. The Morgan fingerprint density at radius 1 is 1.38 bits per heavy atom. The van der Waals surface area contributed by atoms with Crippen LogP contribution in [-0.2, 0) is 32.5 Å². The van der Waals surface area contributed by atoms with Crippen molar-refractivity contribution in [3.05, 3.63) is 48.0 Å². The maximum Gasteiger partial charge on any atom is 0.411 e. The summed E-state index contributed by atoms with van der Waals surface area (Å²) in [4.78, 5) is 32.6. The predicted octanol–water partition coefficient (Wildman–Crippen LogP) is 0.450. The molecule has 0 unspecified atom stereocenters. The Morgan fingerprint density at radius 2 is 2.12 bits per heavy atom. The fourth-order valence-electron chi connectivity index (χ4n) is 2.56. The van der Waals surface area contributed by atoms with Gasteiger partial charge in [0.25, 0.3) is 0 Å². The summed E-state index contributed by atoms with van der Waals surface area (Å²) in [5.74, 6) is -0.345. The zero-order valence-electron chi connectivity index (χ0n) is 14.0. The summed E-state index contributed by atoms with van der Waals surface area (Å²) in [6.45, 7) is 0.386. The number of nitrogens with one attached hydrogen (secondary N) is 2. The highest BCUT2D eigenvalue weighted by molar-refractivity contribution is 7.90. The van der Waals surface area contributed by atoms with Gasteiger partial charge in [-0.3, -0.25) is 9.69 Å². The number of H-pyrrole nitrogens is 1. The molecule has 1 aromatic carbocycles. The lowest BCUT2D eigenvalue weighted by atomic mass is 10.2. The predicted molar refractivity (Wildman–Crippen MR) is 90.7 cm³/mol. The van der Waals surface area contributed by atoms with Crippen LogP contribution in [0.2, 0.25) is 0 Å². The van der Waals surface area contributed by atoms with E-state index in [2.05, 4.69) is 15.3 Å². The zero-order valence-corrected chi connectivity index (χ0v) is 14.8. The van der Waals surface area contributed by atoms with Gasteiger partial charge in [-0.15, -0.1) is 0 Å². The van der Waals surface area contributed by atoms with Gasteiger partial charge in [-0.1, -0.05) is 12.1 Å². The number of carbonyl (C=O) groups excluding carboxylic acids is 2. The highest BCUT2D eigenvalue weighted by atomic mass is 32.2. The first-order chi connectivity index (χ1) is 12.3. The molecule has 2 heterocycles. The van der Waals surface area contributed by atoms with Crippen LogP contribution in [0.25, 0.3) is 0 Å². The van der Waals surface area contributed by atoms with E-state index in [1.54, 1.807) is 18.3 Å². The van der Waals surface area contributed by atoms with E-state index >= 15 is 0 Å². The first-order valence-corrected chi connectivity index (χ1v) is 9.71. The lowest BCUT2D eigenvalue weighted by molar-refractivity contribution is -0.125. The van der Waals surface area contributed by atoms with E-state index < -0.39 is 22.0 Å². The third-order valence-corrected chi connectivity index (χ3v) is 5.12. The number of aromatic nitrogens is 2. The average molecular weight is 378 g/mol. The van der Waals surface area contributed by atoms with Crippen molar-refractivity contribution in [1.82, 2.24) is 20.2 Å². The van der Waals surface area contributed by atoms with Crippen molar-refractivity contribution in [2.45, 2.75) is 24.0 Å². The number of cyclic esters (lactones) is 1. The summed E-state index contributed by atoms with van der Waals surface area (Å²) in [7, 11) is -3.26.